The smallest absolute Gasteiger partial charge is 0.257 e. The molecule has 9 heteroatoms. The molecule has 1 N–H and O–H groups in total. The lowest BCUT2D eigenvalue weighted by atomic mass is 10.2. The highest BCUT2D eigenvalue weighted by Gasteiger charge is 2.19. The number of hydrogen-bond acceptors (Lipinski definition) is 5. The van der Waals surface area contributed by atoms with Crippen molar-refractivity contribution in [3.8, 4) is 0 Å². The Morgan fingerprint density at radius 3 is 2.71 bits per heavy atom. The highest BCUT2D eigenvalue weighted by atomic mass is 35.5. The zero-order chi connectivity index (χ0) is 20.3. The Morgan fingerprint density at radius 2 is 2.07 bits per heavy atom. The van der Waals surface area contributed by atoms with E-state index in [1.165, 1.54) is 13.1 Å². The van der Waals surface area contributed by atoms with E-state index in [-0.39, 0.29) is 16.8 Å². The Morgan fingerprint density at radius 1 is 1.29 bits per heavy atom. The van der Waals surface area contributed by atoms with Gasteiger partial charge >= 0.3 is 0 Å². The maximum absolute atomic E-state index is 12.8. The summed E-state index contributed by atoms with van der Waals surface area (Å²) in [5.41, 5.74) is 1.43. The van der Waals surface area contributed by atoms with Crippen molar-refractivity contribution < 1.29 is 9.59 Å². The van der Waals surface area contributed by atoms with Crippen molar-refractivity contribution in [3.05, 3.63) is 46.1 Å². The number of anilines is 3. The fourth-order valence-electron chi connectivity index (χ4n) is 2.95. The normalized spacial score (nSPS) is 13.5. The number of benzene rings is 1. The molecule has 1 aromatic carbocycles. The maximum atomic E-state index is 12.8. The summed E-state index contributed by atoms with van der Waals surface area (Å²) >= 11 is 14.1. The molecular formula is C19H20Cl2N4O2S. The van der Waals surface area contributed by atoms with Gasteiger partial charge in [0.2, 0.25) is 5.91 Å². The molecule has 1 aliphatic rings. The molecule has 1 saturated heterocycles. The van der Waals surface area contributed by atoms with Crippen LogP contribution in [0.25, 0.3) is 0 Å². The van der Waals surface area contributed by atoms with Gasteiger partial charge in [-0.25, -0.2) is 4.98 Å². The third-order valence-electron chi connectivity index (χ3n) is 4.24. The van der Waals surface area contributed by atoms with Gasteiger partial charge in [-0.3, -0.25) is 9.59 Å². The quantitative estimate of drug-likeness (QED) is 0.674. The molecule has 2 amide bonds. The molecule has 28 heavy (non-hydrogen) atoms. The molecular weight excluding hydrogens is 419 g/mol. The van der Waals surface area contributed by atoms with Crippen molar-refractivity contribution in [1.29, 1.82) is 0 Å². The van der Waals surface area contributed by atoms with Gasteiger partial charge in [-0.05, 0) is 49.6 Å². The number of halogens is 2. The monoisotopic (exact) mass is 438 g/mol. The average molecular weight is 439 g/mol. The number of nitrogens with one attached hydrogen (secondary N) is 1. The van der Waals surface area contributed by atoms with Crippen molar-refractivity contribution in [2.24, 2.45) is 0 Å². The van der Waals surface area contributed by atoms with Crippen molar-refractivity contribution in [3.63, 3.8) is 0 Å². The Balaban J connectivity index is 1.86. The molecule has 0 unspecified atom stereocenters. The topological polar surface area (TPSA) is 65.5 Å². The molecule has 148 valence electrons. The summed E-state index contributed by atoms with van der Waals surface area (Å²) < 4.78 is 2.05. The molecule has 0 atom stereocenters. The van der Waals surface area contributed by atoms with E-state index in [0.717, 1.165) is 18.7 Å². The number of nitrogens with zero attached hydrogens (tertiary/aromatic N) is 3. The van der Waals surface area contributed by atoms with Crippen LogP contribution in [0.4, 0.5) is 17.2 Å². The predicted molar refractivity (Wildman–Crippen MR) is 117 cm³/mol. The van der Waals surface area contributed by atoms with Gasteiger partial charge in [0.1, 0.15) is 5.82 Å². The van der Waals surface area contributed by atoms with E-state index in [1.54, 1.807) is 41.1 Å². The van der Waals surface area contributed by atoms with Gasteiger partial charge in [0, 0.05) is 48.4 Å². The summed E-state index contributed by atoms with van der Waals surface area (Å²) in [5, 5.41) is 3.51. The van der Waals surface area contributed by atoms with Crippen LogP contribution < -0.4 is 14.5 Å². The van der Waals surface area contributed by atoms with Crippen molar-refractivity contribution in [1.82, 2.24) is 4.98 Å². The molecule has 0 spiro atoms. The first-order chi connectivity index (χ1) is 13.4. The van der Waals surface area contributed by atoms with Crippen LogP contribution in [0.5, 0.6) is 0 Å². The molecule has 2 aromatic rings. The van der Waals surface area contributed by atoms with Crippen LogP contribution in [0.2, 0.25) is 10.0 Å². The first-order valence-electron chi connectivity index (χ1n) is 8.85. The number of rotatable bonds is 5. The van der Waals surface area contributed by atoms with Gasteiger partial charge in [-0.1, -0.05) is 23.2 Å². The van der Waals surface area contributed by atoms with Crippen LogP contribution in [0.3, 0.4) is 0 Å². The predicted octanol–water partition coefficient (Wildman–Crippen LogP) is 4.87. The standard InChI is InChI=1S/C19H20Cl2N4O2S/c1-3-24(12(2)26)15-8-13(20)7-14(9-15)23-19(27)16-10-18(22-11-17(16)21)25-5-4-6-28-25/h7-11H,3-6H2,1-2H3,(H,23,27). The fourth-order valence-corrected chi connectivity index (χ4v) is 4.34. The molecule has 0 radical (unpaired) electrons. The summed E-state index contributed by atoms with van der Waals surface area (Å²) in [7, 11) is 0. The van der Waals surface area contributed by atoms with E-state index in [1.807, 2.05) is 6.92 Å². The Labute approximate surface area is 178 Å². The molecule has 2 heterocycles. The lowest BCUT2D eigenvalue weighted by Gasteiger charge is -2.20. The van der Waals surface area contributed by atoms with Crippen molar-refractivity contribution >= 4 is 64.2 Å². The Bertz CT molecular complexity index is 903. The number of amides is 2. The second kappa shape index (κ2) is 9.03. The number of carbonyl (C=O) groups excluding carboxylic acids is 2. The molecule has 0 aliphatic carbocycles. The van der Waals surface area contributed by atoms with Crippen LogP contribution in [0, 0.1) is 0 Å². The molecule has 1 aliphatic heterocycles. The highest BCUT2D eigenvalue weighted by molar-refractivity contribution is 8.00. The van der Waals surface area contributed by atoms with Crippen molar-refractivity contribution in [2.45, 2.75) is 20.3 Å². The van der Waals surface area contributed by atoms with Crippen LogP contribution in [-0.2, 0) is 4.79 Å². The van der Waals surface area contributed by atoms with Crippen molar-refractivity contribution in [2.75, 3.05) is 33.4 Å². The summed E-state index contributed by atoms with van der Waals surface area (Å²) in [5.74, 6) is 1.27. The Kier molecular flexibility index (Phi) is 6.69. The number of pyridine rings is 1. The van der Waals surface area contributed by atoms with Crippen LogP contribution in [0.15, 0.2) is 30.5 Å². The average Bonchev–Trinajstić information content (AvgIpc) is 3.16. The minimum absolute atomic E-state index is 0.105. The van der Waals surface area contributed by atoms with E-state index >= 15 is 0 Å². The zero-order valence-electron chi connectivity index (χ0n) is 15.5. The SMILES string of the molecule is CCN(C(C)=O)c1cc(Cl)cc(NC(=O)c2cc(N3CCCS3)ncc2Cl)c1. The van der Waals surface area contributed by atoms with Gasteiger partial charge in [0.05, 0.1) is 10.6 Å². The van der Waals surface area contributed by atoms with E-state index < -0.39 is 0 Å². The second-order valence-electron chi connectivity index (χ2n) is 6.23. The first kappa shape index (κ1) is 20.8. The number of hydrogen-bond donors (Lipinski definition) is 1. The fraction of sp³-hybridized carbons (Fsp3) is 0.316. The molecule has 1 aromatic heterocycles. The van der Waals surface area contributed by atoms with E-state index in [4.69, 9.17) is 23.2 Å². The maximum Gasteiger partial charge on any atom is 0.257 e. The lowest BCUT2D eigenvalue weighted by Crippen LogP contribution is -2.28. The third kappa shape index (κ3) is 4.71. The van der Waals surface area contributed by atoms with E-state index in [9.17, 15) is 9.59 Å². The van der Waals surface area contributed by atoms with Gasteiger partial charge < -0.3 is 14.5 Å². The Hall–Kier alpha value is -1.96. The summed E-state index contributed by atoms with van der Waals surface area (Å²) in [6.07, 6.45) is 2.56. The lowest BCUT2D eigenvalue weighted by molar-refractivity contribution is -0.116. The van der Waals surface area contributed by atoms with Crippen LogP contribution in [0.1, 0.15) is 30.6 Å². The summed E-state index contributed by atoms with van der Waals surface area (Å²) in [6.45, 7) is 4.73. The molecule has 1 fully saturated rings. The minimum atomic E-state index is -0.364. The van der Waals surface area contributed by atoms with Crippen LogP contribution in [-0.4, -0.2) is 35.6 Å². The number of carbonyl (C=O) groups is 2. The summed E-state index contributed by atoms with van der Waals surface area (Å²) in [4.78, 5) is 30.5. The molecule has 0 bridgehead atoms. The van der Waals surface area contributed by atoms with Gasteiger partial charge in [0.25, 0.3) is 5.91 Å². The zero-order valence-corrected chi connectivity index (χ0v) is 17.9. The highest BCUT2D eigenvalue weighted by Crippen LogP contribution is 2.30. The van der Waals surface area contributed by atoms with E-state index in [2.05, 4.69) is 14.6 Å². The third-order valence-corrected chi connectivity index (χ3v) is 5.91. The minimum Gasteiger partial charge on any atom is -0.322 e. The van der Waals surface area contributed by atoms with Gasteiger partial charge in [-0.15, -0.1) is 0 Å². The van der Waals surface area contributed by atoms with Gasteiger partial charge in [0.15, 0.2) is 0 Å². The number of aromatic nitrogens is 1. The van der Waals surface area contributed by atoms with Crippen LogP contribution >= 0.6 is 35.1 Å². The van der Waals surface area contributed by atoms with Gasteiger partial charge in [-0.2, -0.15) is 0 Å². The molecule has 6 nitrogen and oxygen atoms in total. The second-order valence-corrected chi connectivity index (χ2v) is 8.18. The first-order valence-corrected chi connectivity index (χ1v) is 10.5. The largest absolute Gasteiger partial charge is 0.322 e. The summed E-state index contributed by atoms with van der Waals surface area (Å²) in [6, 6.07) is 6.71. The molecule has 3 rings (SSSR count). The molecule has 0 saturated carbocycles. The van der Waals surface area contributed by atoms with E-state index in [0.29, 0.717) is 34.3 Å².